The zero-order chi connectivity index (χ0) is 25.6. The van der Waals surface area contributed by atoms with Gasteiger partial charge in [0, 0.05) is 31.6 Å². The van der Waals surface area contributed by atoms with Crippen LogP contribution in [0.1, 0.15) is 30.4 Å². The van der Waals surface area contributed by atoms with Gasteiger partial charge in [0.25, 0.3) is 5.91 Å². The maximum atomic E-state index is 13.1. The summed E-state index contributed by atoms with van der Waals surface area (Å²) in [7, 11) is 0. The van der Waals surface area contributed by atoms with Gasteiger partial charge in [0.2, 0.25) is 6.29 Å². The summed E-state index contributed by atoms with van der Waals surface area (Å²) in [6.45, 7) is 4.35. The van der Waals surface area contributed by atoms with Crippen molar-refractivity contribution in [2.24, 2.45) is 5.92 Å². The molecule has 2 aromatic carbocycles. The molecule has 1 amide bonds. The van der Waals surface area contributed by atoms with Crippen molar-refractivity contribution in [3.8, 4) is 0 Å². The predicted octanol–water partition coefficient (Wildman–Crippen LogP) is 3.58. The Bertz CT molecular complexity index is 937. The SMILES string of the molecule is CCO[C@H]1OC(C(=O)NCCc2ccc(F)cc2)=C[C@@H](c2ccccc2)[C@H]1CCOCCOCCO. The van der Waals surface area contributed by atoms with Crippen molar-refractivity contribution >= 4 is 5.91 Å². The first-order valence-corrected chi connectivity index (χ1v) is 12.5. The van der Waals surface area contributed by atoms with Gasteiger partial charge in [0.05, 0.1) is 26.4 Å². The quantitative estimate of drug-likeness (QED) is 0.363. The fourth-order valence-electron chi connectivity index (χ4n) is 4.16. The van der Waals surface area contributed by atoms with Gasteiger partial charge >= 0.3 is 0 Å². The van der Waals surface area contributed by atoms with Gasteiger partial charge in [-0.15, -0.1) is 0 Å². The molecule has 0 unspecified atom stereocenters. The zero-order valence-electron chi connectivity index (χ0n) is 20.7. The van der Waals surface area contributed by atoms with Crippen molar-refractivity contribution < 1.29 is 33.2 Å². The van der Waals surface area contributed by atoms with E-state index in [2.05, 4.69) is 5.32 Å². The molecular weight excluding hydrogens is 465 g/mol. The number of halogens is 1. The largest absolute Gasteiger partial charge is 0.459 e. The molecule has 0 radical (unpaired) electrons. The second kappa shape index (κ2) is 15.4. The molecule has 0 saturated heterocycles. The number of hydrogen-bond donors (Lipinski definition) is 2. The maximum absolute atomic E-state index is 13.1. The third-order valence-corrected chi connectivity index (χ3v) is 5.94. The van der Waals surface area contributed by atoms with E-state index in [-0.39, 0.29) is 35.9 Å². The number of rotatable bonds is 15. The average Bonchev–Trinajstić information content (AvgIpc) is 2.90. The highest BCUT2D eigenvalue weighted by Crippen LogP contribution is 2.38. The number of nitrogens with one attached hydrogen (secondary N) is 1. The van der Waals surface area contributed by atoms with Gasteiger partial charge in [-0.05, 0) is 49.1 Å². The molecule has 36 heavy (non-hydrogen) atoms. The normalized spacial score (nSPS) is 19.4. The van der Waals surface area contributed by atoms with Crippen LogP contribution in [0.2, 0.25) is 0 Å². The summed E-state index contributed by atoms with van der Waals surface area (Å²) in [5, 5.41) is 11.7. The van der Waals surface area contributed by atoms with E-state index in [1.165, 1.54) is 12.1 Å². The lowest BCUT2D eigenvalue weighted by Crippen LogP contribution is -2.39. The van der Waals surface area contributed by atoms with Crippen LogP contribution in [0.15, 0.2) is 66.4 Å². The number of amides is 1. The van der Waals surface area contributed by atoms with Gasteiger partial charge in [-0.2, -0.15) is 0 Å². The summed E-state index contributed by atoms with van der Waals surface area (Å²) in [5.74, 6) is -0.507. The summed E-state index contributed by atoms with van der Waals surface area (Å²) in [6.07, 6.45) is 2.52. The molecule has 0 spiro atoms. The van der Waals surface area contributed by atoms with Crippen molar-refractivity contribution in [1.82, 2.24) is 5.32 Å². The van der Waals surface area contributed by atoms with Crippen LogP contribution < -0.4 is 5.32 Å². The molecule has 0 aliphatic carbocycles. The van der Waals surface area contributed by atoms with E-state index in [1.54, 1.807) is 12.1 Å². The lowest BCUT2D eigenvalue weighted by Gasteiger charge is -2.37. The monoisotopic (exact) mass is 501 g/mol. The van der Waals surface area contributed by atoms with Crippen molar-refractivity contribution in [2.75, 3.05) is 46.2 Å². The number of carbonyl (C=O) groups excluding carboxylic acids is 1. The lowest BCUT2D eigenvalue weighted by molar-refractivity contribution is -0.168. The van der Waals surface area contributed by atoms with E-state index in [0.717, 1.165) is 11.1 Å². The maximum Gasteiger partial charge on any atom is 0.286 e. The molecule has 2 aromatic rings. The molecule has 7 nitrogen and oxygen atoms in total. The minimum Gasteiger partial charge on any atom is -0.459 e. The molecule has 1 aliphatic rings. The zero-order valence-corrected chi connectivity index (χ0v) is 20.7. The number of carbonyl (C=O) groups is 1. The number of allylic oxidation sites excluding steroid dienone is 1. The second-order valence-corrected chi connectivity index (χ2v) is 8.44. The Hall–Kier alpha value is -2.78. The highest BCUT2D eigenvalue weighted by molar-refractivity contribution is 5.91. The molecule has 8 heteroatoms. The number of aliphatic hydroxyl groups is 1. The van der Waals surface area contributed by atoms with Crippen molar-refractivity contribution in [1.29, 1.82) is 0 Å². The van der Waals surface area contributed by atoms with E-state index in [1.807, 2.05) is 43.3 Å². The van der Waals surface area contributed by atoms with Gasteiger partial charge in [0.1, 0.15) is 5.82 Å². The van der Waals surface area contributed by atoms with Crippen molar-refractivity contribution in [2.45, 2.75) is 32.0 Å². The summed E-state index contributed by atoms with van der Waals surface area (Å²) < 4.78 is 36.1. The summed E-state index contributed by atoms with van der Waals surface area (Å²) >= 11 is 0. The minimum absolute atomic E-state index is 0.0112. The van der Waals surface area contributed by atoms with E-state index in [9.17, 15) is 9.18 Å². The Morgan fingerprint density at radius 3 is 2.44 bits per heavy atom. The van der Waals surface area contributed by atoms with Crippen molar-refractivity contribution in [3.05, 3.63) is 83.4 Å². The predicted molar refractivity (Wildman–Crippen MR) is 134 cm³/mol. The molecule has 0 saturated carbocycles. The Morgan fingerprint density at radius 2 is 1.75 bits per heavy atom. The first kappa shape index (κ1) is 27.8. The molecule has 1 aliphatic heterocycles. The molecule has 0 aromatic heterocycles. The molecule has 1 heterocycles. The van der Waals surface area contributed by atoms with Crippen LogP contribution in [-0.2, 0) is 30.2 Å². The summed E-state index contributed by atoms with van der Waals surface area (Å²) in [4.78, 5) is 13.0. The van der Waals surface area contributed by atoms with Crippen LogP contribution in [0, 0.1) is 11.7 Å². The van der Waals surface area contributed by atoms with E-state index >= 15 is 0 Å². The van der Waals surface area contributed by atoms with Crippen LogP contribution >= 0.6 is 0 Å². The Kier molecular flexibility index (Phi) is 11.9. The third kappa shape index (κ3) is 8.71. The first-order valence-electron chi connectivity index (χ1n) is 12.5. The molecule has 3 atom stereocenters. The van der Waals surface area contributed by atoms with Gasteiger partial charge in [0.15, 0.2) is 5.76 Å². The molecule has 3 rings (SSSR count). The second-order valence-electron chi connectivity index (χ2n) is 8.44. The van der Waals surface area contributed by atoms with Gasteiger partial charge in [-0.1, -0.05) is 42.5 Å². The standard InChI is InChI=1S/C28H36FNO6/c1-2-35-28-24(13-16-33-18-19-34-17-15-31)25(22-6-4-3-5-7-22)20-26(36-28)27(32)30-14-12-21-8-10-23(29)11-9-21/h3-11,20,24-25,28,31H,2,12-19H2,1H3,(H,30,32)/t24-,25+,28+/m1/s1. The molecule has 0 fully saturated rings. The molecule has 2 N–H and O–H groups in total. The Morgan fingerprint density at radius 1 is 1.03 bits per heavy atom. The van der Waals surface area contributed by atoms with Gasteiger partial charge < -0.3 is 29.4 Å². The molecular formula is C28H36FNO6. The van der Waals surface area contributed by atoms with Crippen LogP contribution in [0.3, 0.4) is 0 Å². The minimum atomic E-state index is -0.600. The average molecular weight is 502 g/mol. The highest BCUT2D eigenvalue weighted by Gasteiger charge is 2.37. The highest BCUT2D eigenvalue weighted by atomic mass is 19.1. The van der Waals surface area contributed by atoms with Crippen LogP contribution in [-0.4, -0.2) is 63.5 Å². The van der Waals surface area contributed by atoms with Gasteiger partial charge in [-0.25, -0.2) is 4.39 Å². The number of benzene rings is 2. The Labute approximate surface area is 212 Å². The number of aliphatic hydroxyl groups excluding tert-OH is 1. The Balaban J connectivity index is 1.66. The topological polar surface area (TPSA) is 86.3 Å². The van der Waals surface area contributed by atoms with Gasteiger partial charge in [-0.3, -0.25) is 4.79 Å². The summed E-state index contributed by atoms with van der Waals surface area (Å²) in [6, 6.07) is 16.2. The first-order chi connectivity index (χ1) is 17.6. The van der Waals surface area contributed by atoms with Crippen LogP contribution in [0.4, 0.5) is 4.39 Å². The fraction of sp³-hybridized carbons (Fsp3) is 0.464. The lowest BCUT2D eigenvalue weighted by atomic mass is 9.81. The number of ether oxygens (including phenoxy) is 4. The smallest absolute Gasteiger partial charge is 0.286 e. The molecule has 196 valence electrons. The molecule has 0 bridgehead atoms. The van der Waals surface area contributed by atoms with E-state index in [0.29, 0.717) is 52.4 Å². The van der Waals surface area contributed by atoms with Crippen molar-refractivity contribution in [3.63, 3.8) is 0 Å². The fourth-order valence-corrected chi connectivity index (χ4v) is 4.16. The van der Waals surface area contributed by atoms with Crippen LogP contribution in [0.25, 0.3) is 0 Å². The third-order valence-electron chi connectivity index (χ3n) is 5.94. The van der Waals surface area contributed by atoms with Crippen LogP contribution in [0.5, 0.6) is 0 Å². The summed E-state index contributed by atoms with van der Waals surface area (Å²) in [5.41, 5.74) is 2.00. The van der Waals surface area contributed by atoms with E-state index in [4.69, 9.17) is 24.1 Å². The number of hydrogen-bond acceptors (Lipinski definition) is 6. The van der Waals surface area contributed by atoms with E-state index < -0.39 is 6.29 Å².